The predicted octanol–water partition coefficient (Wildman–Crippen LogP) is 3.97. The Morgan fingerprint density at radius 3 is 2.34 bits per heavy atom. The molecule has 0 aliphatic heterocycles. The molecule has 0 unspecified atom stereocenters. The molecule has 0 saturated heterocycles. The summed E-state index contributed by atoms with van der Waals surface area (Å²) in [4.78, 5) is 27.8. The van der Waals surface area contributed by atoms with Crippen LogP contribution < -0.4 is 14.4 Å². The molecule has 0 bridgehead atoms. The number of carbonyl (C=O) groups is 2. The molecule has 38 heavy (non-hydrogen) atoms. The van der Waals surface area contributed by atoms with Gasteiger partial charge in [0.1, 0.15) is 24.2 Å². The van der Waals surface area contributed by atoms with Crippen molar-refractivity contribution in [1.29, 1.82) is 0 Å². The van der Waals surface area contributed by atoms with Gasteiger partial charge in [-0.05, 0) is 43.7 Å². The summed E-state index contributed by atoms with van der Waals surface area (Å²) >= 11 is 0. The molecule has 1 N–H and O–H groups in total. The molecule has 3 aromatic rings. The molecule has 3 aromatic carbocycles. The number of anilines is 1. The van der Waals surface area contributed by atoms with E-state index in [0.717, 1.165) is 4.31 Å². The molecule has 8 nitrogen and oxygen atoms in total. The van der Waals surface area contributed by atoms with Crippen LogP contribution >= 0.6 is 0 Å². The van der Waals surface area contributed by atoms with Gasteiger partial charge in [0.25, 0.3) is 10.0 Å². The second kappa shape index (κ2) is 13.0. The quantitative estimate of drug-likeness (QED) is 0.374. The minimum atomic E-state index is -4.19. The number of sulfonamides is 1. The predicted molar refractivity (Wildman–Crippen MR) is 144 cm³/mol. The Morgan fingerprint density at radius 1 is 1.00 bits per heavy atom. The number of nitrogens with zero attached hydrogens (tertiary/aromatic N) is 2. The van der Waals surface area contributed by atoms with Crippen LogP contribution in [0.15, 0.2) is 83.8 Å². The van der Waals surface area contributed by atoms with Crippen molar-refractivity contribution >= 4 is 27.5 Å². The number of nitrogens with one attached hydrogen (secondary N) is 1. The topological polar surface area (TPSA) is 96.0 Å². The molecule has 1 atom stereocenters. The summed E-state index contributed by atoms with van der Waals surface area (Å²) in [6.45, 7) is 3.00. The van der Waals surface area contributed by atoms with Gasteiger partial charge < -0.3 is 15.0 Å². The number of amides is 2. The van der Waals surface area contributed by atoms with Gasteiger partial charge in [-0.3, -0.25) is 13.9 Å². The average Bonchev–Trinajstić information content (AvgIpc) is 2.94. The number of ether oxygens (including phenoxy) is 1. The molecule has 2 amide bonds. The minimum Gasteiger partial charge on any atom is -0.497 e. The lowest BCUT2D eigenvalue weighted by Gasteiger charge is -2.32. The van der Waals surface area contributed by atoms with E-state index in [9.17, 15) is 22.4 Å². The molecule has 0 spiro atoms. The molecule has 0 radical (unpaired) electrons. The highest BCUT2D eigenvalue weighted by Crippen LogP contribution is 2.27. The third kappa shape index (κ3) is 6.89. The Hall–Kier alpha value is -3.92. The summed E-state index contributed by atoms with van der Waals surface area (Å²) in [5, 5.41) is 2.75. The number of rotatable bonds is 12. The second-order valence-corrected chi connectivity index (χ2v) is 10.5. The molecule has 0 aliphatic rings. The highest BCUT2D eigenvalue weighted by atomic mass is 32.2. The maximum Gasteiger partial charge on any atom is 0.264 e. The first-order valence-electron chi connectivity index (χ1n) is 12.2. The molecule has 0 aromatic heterocycles. The van der Waals surface area contributed by atoms with E-state index in [1.807, 2.05) is 6.92 Å². The van der Waals surface area contributed by atoms with Gasteiger partial charge in [0.2, 0.25) is 11.8 Å². The van der Waals surface area contributed by atoms with Crippen molar-refractivity contribution in [2.75, 3.05) is 24.5 Å². The number of benzene rings is 3. The molecule has 3 rings (SSSR count). The zero-order valence-corrected chi connectivity index (χ0v) is 22.4. The normalized spacial score (nSPS) is 11.9. The lowest BCUT2D eigenvalue weighted by molar-refractivity contribution is -0.139. The van der Waals surface area contributed by atoms with Crippen LogP contribution in [0.1, 0.15) is 25.8 Å². The number of hydrogen-bond donors (Lipinski definition) is 1. The first-order chi connectivity index (χ1) is 18.2. The van der Waals surface area contributed by atoms with Crippen molar-refractivity contribution in [1.82, 2.24) is 10.2 Å². The second-order valence-electron chi connectivity index (χ2n) is 8.61. The van der Waals surface area contributed by atoms with E-state index < -0.39 is 40.2 Å². The van der Waals surface area contributed by atoms with E-state index in [2.05, 4.69) is 5.32 Å². The number of halogens is 1. The molecular weight excluding hydrogens is 509 g/mol. The number of hydrogen-bond acceptors (Lipinski definition) is 5. The maximum absolute atomic E-state index is 14.5. The SMILES string of the molecule is CCCNC(=O)[C@@H](C)N(Cc1ccccc1F)C(=O)CN(c1cccc(OC)c1)S(=O)(=O)c1ccccc1. The number of methoxy groups -OCH3 is 1. The van der Waals surface area contributed by atoms with Crippen LogP contribution in [0.5, 0.6) is 5.75 Å². The molecule has 0 heterocycles. The lowest BCUT2D eigenvalue weighted by atomic mass is 10.1. The summed E-state index contributed by atoms with van der Waals surface area (Å²) in [5.41, 5.74) is 0.408. The Kier molecular flexibility index (Phi) is 9.84. The third-order valence-electron chi connectivity index (χ3n) is 5.97. The van der Waals surface area contributed by atoms with E-state index >= 15 is 0 Å². The maximum atomic E-state index is 14.5. The molecule has 0 saturated carbocycles. The van der Waals surface area contributed by atoms with Gasteiger partial charge in [-0.1, -0.05) is 49.4 Å². The zero-order chi connectivity index (χ0) is 27.7. The summed E-state index contributed by atoms with van der Waals surface area (Å²) in [6.07, 6.45) is 0.693. The number of carbonyl (C=O) groups excluding carboxylic acids is 2. The van der Waals surface area contributed by atoms with Crippen LogP contribution in [-0.4, -0.2) is 51.4 Å². The fourth-order valence-corrected chi connectivity index (χ4v) is 5.23. The van der Waals surface area contributed by atoms with Crippen LogP contribution in [0.25, 0.3) is 0 Å². The van der Waals surface area contributed by atoms with E-state index in [0.29, 0.717) is 18.7 Å². The van der Waals surface area contributed by atoms with Crippen LogP contribution in [-0.2, 0) is 26.2 Å². The van der Waals surface area contributed by atoms with Gasteiger partial charge in [-0.25, -0.2) is 12.8 Å². The van der Waals surface area contributed by atoms with Crippen molar-refractivity contribution in [2.24, 2.45) is 0 Å². The monoisotopic (exact) mass is 541 g/mol. The Balaban J connectivity index is 2.03. The standard InChI is InChI=1S/C28H32FN3O5S/c1-4-17-30-28(34)21(2)31(19-22-11-8-9-16-26(22)29)27(33)20-32(23-12-10-13-24(18-23)37-3)38(35,36)25-14-6-5-7-15-25/h5-16,18,21H,4,17,19-20H2,1-3H3,(H,30,34)/t21-/m1/s1. The van der Waals surface area contributed by atoms with Gasteiger partial charge in [-0.15, -0.1) is 0 Å². The van der Waals surface area contributed by atoms with E-state index in [1.54, 1.807) is 42.5 Å². The fraction of sp³-hybridized carbons (Fsp3) is 0.286. The van der Waals surface area contributed by atoms with Crippen molar-refractivity contribution in [2.45, 2.75) is 37.8 Å². The zero-order valence-electron chi connectivity index (χ0n) is 21.6. The molecular formula is C28H32FN3O5S. The summed E-state index contributed by atoms with van der Waals surface area (Å²) in [7, 11) is -2.74. The van der Waals surface area contributed by atoms with Crippen LogP contribution in [0.4, 0.5) is 10.1 Å². The van der Waals surface area contributed by atoms with Gasteiger partial charge in [0.15, 0.2) is 0 Å². The Bertz CT molecular complexity index is 1350. The lowest BCUT2D eigenvalue weighted by Crippen LogP contribution is -2.51. The first-order valence-corrected chi connectivity index (χ1v) is 13.7. The van der Waals surface area contributed by atoms with Gasteiger partial charge in [-0.2, -0.15) is 0 Å². The van der Waals surface area contributed by atoms with Crippen LogP contribution in [0, 0.1) is 5.82 Å². The summed E-state index contributed by atoms with van der Waals surface area (Å²) < 4.78 is 48.2. The highest BCUT2D eigenvalue weighted by molar-refractivity contribution is 7.92. The Labute approximate surface area is 223 Å². The van der Waals surface area contributed by atoms with Crippen molar-refractivity contribution in [3.63, 3.8) is 0 Å². The van der Waals surface area contributed by atoms with Crippen molar-refractivity contribution < 1.29 is 27.1 Å². The Morgan fingerprint density at radius 2 is 1.68 bits per heavy atom. The molecule has 10 heteroatoms. The average molecular weight is 542 g/mol. The first kappa shape index (κ1) is 28.6. The van der Waals surface area contributed by atoms with Crippen molar-refractivity contribution in [3.8, 4) is 5.75 Å². The third-order valence-corrected chi connectivity index (χ3v) is 7.75. The molecule has 202 valence electrons. The van der Waals surface area contributed by atoms with Crippen molar-refractivity contribution in [3.05, 3.63) is 90.2 Å². The van der Waals surface area contributed by atoms with E-state index in [4.69, 9.17) is 4.74 Å². The van der Waals surface area contributed by atoms with E-state index in [-0.39, 0.29) is 22.7 Å². The summed E-state index contributed by atoms with van der Waals surface area (Å²) in [5.74, 6) is -1.23. The van der Waals surface area contributed by atoms with E-state index in [1.165, 1.54) is 55.3 Å². The van der Waals surface area contributed by atoms with Gasteiger partial charge in [0.05, 0.1) is 17.7 Å². The van der Waals surface area contributed by atoms with Crippen LogP contribution in [0.3, 0.4) is 0 Å². The van der Waals surface area contributed by atoms with Crippen LogP contribution in [0.2, 0.25) is 0 Å². The van der Waals surface area contributed by atoms with Gasteiger partial charge >= 0.3 is 0 Å². The van der Waals surface area contributed by atoms with Gasteiger partial charge in [0, 0.05) is 24.7 Å². The minimum absolute atomic E-state index is 0.00925. The highest BCUT2D eigenvalue weighted by Gasteiger charge is 2.32. The molecule has 0 fully saturated rings. The summed E-state index contributed by atoms with van der Waals surface area (Å²) in [6, 6.07) is 19.0. The fourth-order valence-electron chi connectivity index (χ4n) is 3.80. The molecule has 0 aliphatic carbocycles. The largest absolute Gasteiger partial charge is 0.497 e. The smallest absolute Gasteiger partial charge is 0.264 e.